The summed E-state index contributed by atoms with van der Waals surface area (Å²) in [5.41, 5.74) is 1.46. The second-order valence-corrected chi connectivity index (χ2v) is 7.03. The SMILES string of the molecule is CCNCc1cccc(S(=O)(=O)NCc2csc(=O)[nH]2)c1. The predicted molar refractivity (Wildman–Crippen MR) is 82.8 cm³/mol. The number of thiazole rings is 1. The van der Waals surface area contributed by atoms with Crippen molar-refractivity contribution in [1.82, 2.24) is 15.0 Å². The van der Waals surface area contributed by atoms with Crippen LogP contribution < -0.4 is 14.9 Å². The van der Waals surface area contributed by atoms with Crippen LogP contribution in [-0.4, -0.2) is 19.9 Å². The van der Waals surface area contributed by atoms with Crippen LogP contribution in [0.4, 0.5) is 0 Å². The van der Waals surface area contributed by atoms with Crippen LogP contribution in [0.25, 0.3) is 0 Å². The molecule has 0 saturated carbocycles. The minimum atomic E-state index is -3.59. The minimum absolute atomic E-state index is 0.0680. The molecule has 0 radical (unpaired) electrons. The summed E-state index contributed by atoms with van der Waals surface area (Å²) in [7, 11) is -3.59. The maximum absolute atomic E-state index is 12.2. The highest BCUT2D eigenvalue weighted by molar-refractivity contribution is 7.89. The highest BCUT2D eigenvalue weighted by atomic mass is 32.2. The molecule has 2 rings (SSSR count). The number of nitrogens with one attached hydrogen (secondary N) is 3. The van der Waals surface area contributed by atoms with Crippen LogP contribution in [0.1, 0.15) is 18.2 Å². The third-order valence-corrected chi connectivity index (χ3v) is 4.93. The van der Waals surface area contributed by atoms with E-state index in [0.29, 0.717) is 12.2 Å². The molecule has 0 saturated heterocycles. The standard InChI is InChI=1S/C13H17N3O3S2/c1-2-14-7-10-4-3-5-12(6-10)21(18,19)15-8-11-9-20-13(17)16-11/h3-6,9,14-15H,2,7-8H2,1H3,(H,16,17). The lowest BCUT2D eigenvalue weighted by Crippen LogP contribution is -2.24. The van der Waals surface area contributed by atoms with Crippen molar-refractivity contribution < 1.29 is 8.42 Å². The second kappa shape index (κ2) is 6.99. The summed E-state index contributed by atoms with van der Waals surface area (Å²) in [6.07, 6.45) is 0. The van der Waals surface area contributed by atoms with Crippen LogP contribution in [0.3, 0.4) is 0 Å². The lowest BCUT2D eigenvalue weighted by molar-refractivity contribution is 0.580. The summed E-state index contributed by atoms with van der Waals surface area (Å²) in [6, 6.07) is 6.78. The Kier molecular flexibility index (Phi) is 5.29. The molecule has 1 heterocycles. The van der Waals surface area contributed by atoms with E-state index in [4.69, 9.17) is 0 Å². The Morgan fingerprint density at radius 3 is 2.76 bits per heavy atom. The van der Waals surface area contributed by atoms with Gasteiger partial charge in [-0.05, 0) is 24.2 Å². The predicted octanol–water partition coefficient (Wildman–Crippen LogP) is 1.02. The van der Waals surface area contributed by atoms with E-state index in [0.717, 1.165) is 23.4 Å². The van der Waals surface area contributed by atoms with E-state index in [1.165, 1.54) is 0 Å². The third kappa shape index (κ3) is 4.50. The maximum Gasteiger partial charge on any atom is 0.304 e. The monoisotopic (exact) mass is 327 g/mol. The first-order chi connectivity index (χ1) is 10.0. The van der Waals surface area contributed by atoms with Gasteiger partial charge in [0.1, 0.15) is 0 Å². The van der Waals surface area contributed by atoms with Gasteiger partial charge >= 0.3 is 4.87 Å². The highest BCUT2D eigenvalue weighted by Gasteiger charge is 2.14. The second-order valence-electron chi connectivity index (χ2n) is 4.43. The van der Waals surface area contributed by atoms with Crippen molar-refractivity contribution in [2.75, 3.05) is 6.54 Å². The third-order valence-electron chi connectivity index (χ3n) is 2.81. The summed E-state index contributed by atoms with van der Waals surface area (Å²) < 4.78 is 26.9. The van der Waals surface area contributed by atoms with Crippen LogP contribution in [0.2, 0.25) is 0 Å². The molecular formula is C13H17N3O3S2. The molecule has 0 aliphatic rings. The molecule has 1 aromatic carbocycles. The van der Waals surface area contributed by atoms with E-state index in [-0.39, 0.29) is 16.3 Å². The Balaban J connectivity index is 2.09. The van der Waals surface area contributed by atoms with Crippen molar-refractivity contribution in [3.63, 3.8) is 0 Å². The fourth-order valence-electron chi connectivity index (χ4n) is 1.75. The van der Waals surface area contributed by atoms with Gasteiger partial charge in [-0.1, -0.05) is 30.4 Å². The van der Waals surface area contributed by atoms with Gasteiger partial charge in [-0.15, -0.1) is 0 Å². The molecule has 8 heteroatoms. The number of hydrogen-bond acceptors (Lipinski definition) is 5. The van der Waals surface area contributed by atoms with E-state index in [1.54, 1.807) is 23.6 Å². The molecule has 0 aliphatic carbocycles. The number of aromatic amines is 1. The average molecular weight is 327 g/mol. The summed E-state index contributed by atoms with van der Waals surface area (Å²) in [5.74, 6) is 0. The molecule has 0 amide bonds. The van der Waals surface area contributed by atoms with E-state index >= 15 is 0 Å². The zero-order chi connectivity index (χ0) is 15.3. The summed E-state index contributed by atoms with van der Waals surface area (Å²) >= 11 is 1.01. The summed E-state index contributed by atoms with van der Waals surface area (Å²) in [5, 5.41) is 4.75. The van der Waals surface area contributed by atoms with Crippen molar-refractivity contribution >= 4 is 21.4 Å². The molecule has 0 fully saturated rings. The van der Waals surface area contributed by atoms with Crippen LogP contribution in [0, 0.1) is 0 Å². The number of sulfonamides is 1. The normalized spacial score (nSPS) is 11.7. The molecule has 0 aliphatic heterocycles. The average Bonchev–Trinajstić information content (AvgIpc) is 2.89. The van der Waals surface area contributed by atoms with Gasteiger partial charge in [0.2, 0.25) is 10.0 Å². The summed E-state index contributed by atoms with van der Waals surface area (Å²) in [4.78, 5) is 13.6. The number of H-pyrrole nitrogens is 1. The van der Waals surface area contributed by atoms with Crippen LogP contribution in [0.15, 0.2) is 39.3 Å². The minimum Gasteiger partial charge on any atom is -0.315 e. The molecular weight excluding hydrogens is 310 g/mol. The van der Waals surface area contributed by atoms with Crippen molar-refractivity contribution in [2.45, 2.75) is 24.9 Å². The molecule has 21 heavy (non-hydrogen) atoms. The first kappa shape index (κ1) is 15.9. The lowest BCUT2D eigenvalue weighted by Gasteiger charge is -2.08. The zero-order valence-corrected chi connectivity index (χ0v) is 13.2. The smallest absolute Gasteiger partial charge is 0.304 e. The van der Waals surface area contributed by atoms with Crippen molar-refractivity contribution in [1.29, 1.82) is 0 Å². The van der Waals surface area contributed by atoms with Gasteiger partial charge in [0.05, 0.1) is 11.4 Å². The quantitative estimate of drug-likeness (QED) is 0.708. The van der Waals surface area contributed by atoms with Gasteiger partial charge in [-0.2, -0.15) is 0 Å². The van der Waals surface area contributed by atoms with Gasteiger partial charge in [-0.25, -0.2) is 13.1 Å². The Morgan fingerprint density at radius 1 is 1.29 bits per heavy atom. The largest absolute Gasteiger partial charge is 0.315 e. The molecule has 1 aromatic heterocycles. The van der Waals surface area contributed by atoms with Crippen molar-refractivity contribution in [3.8, 4) is 0 Å². The van der Waals surface area contributed by atoms with Crippen molar-refractivity contribution in [2.24, 2.45) is 0 Å². The lowest BCUT2D eigenvalue weighted by atomic mass is 10.2. The van der Waals surface area contributed by atoms with Gasteiger partial charge in [0.15, 0.2) is 0 Å². The molecule has 2 aromatic rings. The molecule has 0 atom stereocenters. The molecule has 114 valence electrons. The fourth-order valence-corrected chi connectivity index (χ4v) is 3.41. The van der Waals surface area contributed by atoms with E-state index in [1.807, 2.05) is 13.0 Å². The van der Waals surface area contributed by atoms with Gasteiger partial charge in [-0.3, -0.25) is 4.79 Å². The van der Waals surface area contributed by atoms with Crippen molar-refractivity contribution in [3.05, 3.63) is 50.6 Å². The Morgan fingerprint density at radius 2 is 2.10 bits per heavy atom. The Bertz CT molecular complexity index is 750. The molecule has 0 unspecified atom stereocenters. The van der Waals surface area contributed by atoms with Gasteiger partial charge in [0.25, 0.3) is 0 Å². The number of aromatic nitrogens is 1. The Hall–Kier alpha value is -1.48. The molecule has 0 bridgehead atoms. The first-order valence-electron chi connectivity index (χ1n) is 6.47. The fraction of sp³-hybridized carbons (Fsp3) is 0.308. The molecule has 6 nitrogen and oxygen atoms in total. The highest BCUT2D eigenvalue weighted by Crippen LogP contribution is 2.12. The van der Waals surface area contributed by atoms with Crippen LogP contribution >= 0.6 is 11.3 Å². The number of benzene rings is 1. The molecule has 0 spiro atoms. The number of hydrogen-bond donors (Lipinski definition) is 3. The van der Waals surface area contributed by atoms with Gasteiger partial charge in [0, 0.05) is 17.6 Å². The maximum atomic E-state index is 12.2. The van der Waals surface area contributed by atoms with E-state index < -0.39 is 10.0 Å². The Labute approximate surface area is 127 Å². The zero-order valence-electron chi connectivity index (χ0n) is 11.5. The van der Waals surface area contributed by atoms with E-state index in [9.17, 15) is 13.2 Å². The summed E-state index contributed by atoms with van der Waals surface area (Å²) in [6.45, 7) is 3.50. The first-order valence-corrected chi connectivity index (χ1v) is 8.83. The number of rotatable bonds is 7. The topological polar surface area (TPSA) is 91.1 Å². The molecule has 3 N–H and O–H groups in total. The van der Waals surface area contributed by atoms with E-state index in [2.05, 4.69) is 15.0 Å². The van der Waals surface area contributed by atoms with Crippen LogP contribution in [0.5, 0.6) is 0 Å². The van der Waals surface area contributed by atoms with Gasteiger partial charge < -0.3 is 10.3 Å². The van der Waals surface area contributed by atoms with Crippen LogP contribution in [-0.2, 0) is 23.1 Å².